The summed E-state index contributed by atoms with van der Waals surface area (Å²) in [5.41, 5.74) is 0. The van der Waals surface area contributed by atoms with Crippen LogP contribution in [0.25, 0.3) is 0 Å². The number of hydrogen-bond acceptors (Lipinski definition) is 2. The van der Waals surface area contributed by atoms with E-state index in [-0.39, 0.29) is 22.9 Å². The van der Waals surface area contributed by atoms with Gasteiger partial charge in [0, 0.05) is 26.9 Å². The second-order valence-corrected chi connectivity index (χ2v) is 3.89. The molecule has 0 N–H and O–H groups in total. The number of alkyl halides is 1. The zero-order valence-electron chi connectivity index (χ0n) is 7.63. The van der Waals surface area contributed by atoms with Crippen molar-refractivity contribution in [2.75, 3.05) is 14.1 Å². The van der Waals surface area contributed by atoms with Crippen molar-refractivity contribution in [2.45, 2.75) is 24.6 Å². The van der Waals surface area contributed by atoms with Crippen molar-refractivity contribution < 1.29 is 9.59 Å². The summed E-state index contributed by atoms with van der Waals surface area (Å²) >= 11 is 3.18. The molecular formula is C8H14BrNO2. The molecule has 0 saturated carbocycles. The van der Waals surface area contributed by atoms with Crippen LogP contribution in [0, 0.1) is 0 Å². The highest BCUT2D eigenvalue weighted by Crippen LogP contribution is 2.09. The Hall–Kier alpha value is -0.380. The molecule has 0 saturated heterocycles. The topological polar surface area (TPSA) is 37.4 Å². The summed E-state index contributed by atoms with van der Waals surface area (Å²) in [7, 11) is 3.36. The summed E-state index contributed by atoms with van der Waals surface area (Å²) in [6.07, 6.45) is 0.719. The van der Waals surface area contributed by atoms with Crippen molar-refractivity contribution in [2.24, 2.45) is 0 Å². The van der Waals surface area contributed by atoms with Gasteiger partial charge in [0.05, 0.1) is 4.83 Å². The average Bonchev–Trinajstić information content (AvgIpc) is 2.02. The normalized spacial score (nSPS) is 12.3. The van der Waals surface area contributed by atoms with Gasteiger partial charge < -0.3 is 4.90 Å². The fourth-order valence-corrected chi connectivity index (χ4v) is 1.27. The van der Waals surface area contributed by atoms with Gasteiger partial charge in [-0.2, -0.15) is 0 Å². The van der Waals surface area contributed by atoms with Gasteiger partial charge in [-0.05, 0) is 0 Å². The fourth-order valence-electron chi connectivity index (χ4n) is 0.671. The molecule has 12 heavy (non-hydrogen) atoms. The lowest BCUT2D eigenvalue weighted by Gasteiger charge is -2.12. The van der Waals surface area contributed by atoms with Crippen molar-refractivity contribution in [3.8, 4) is 0 Å². The molecular weight excluding hydrogens is 222 g/mol. The second-order valence-electron chi connectivity index (χ2n) is 2.78. The van der Waals surface area contributed by atoms with E-state index in [2.05, 4.69) is 15.9 Å². The van der Waals surface area contributed by atoms with Gasteiger partial charge in [-0.25, -0.2) is 0 Å². The molecule has 0 heterocycles. The van der Waals surface area contributed by atoms with Crippen molar-refractivity contribution in [1.82, 2.24) is 4.90 Å². The second kappa shape index (κ2) is 5.30. The number of hydrogen-bond donors (Lipinski definition) is 0. The molecule has 1 amide bonds. The van der Waals surface area contributed by atoms with Crippen LogP contribution < -0.4 is 0 Å². The molecule has 0 rings (SSSR count). The Morgan fingerprint density at radius 2 is 1.92 bits per heavy atom. The molecule has 0 fully saturated rings. The van der Waals surface area contributed by atoms with E-state index in [0.717, 1.165) is 0 Å². The quantitative estimate of drug-likeness (QED) is 0.688. The maximum Gasteiger partial charge on any atom is 0.223 e. The molecule has 0 spiro atoms. The molecule has 0 aromatic carbocycles. The number of carbonyl (C=O) groups excluding carboxylic acids is 2. The SMILES string of the molecule is CCC(=O)C(Br)CC(=O)N(C)C. The molecule has 4 heteroatoms. The largest absolute Gasteiger partial charge is 0.349 e. The first kappa shape index (κ1) is 11.6. The van der Waals surface area contributed by atoms with Crippen LogP contribution in [0.15, 0.2) is 0 Å². The third kappa shape index (κ3) is 3.85. The first-order valence-corrected chi connectivity index (χ1v) is 4.77. The summed E-state index contributed by atoms with van der Waals surface area (Å²) < 4.78 is 0. The molecule has 1 atom stereocenters. The lowest BCUT2D eigenvalue weighted by molar-refractivity contribution is -0.130. The zero-order chi connectivity index (χ0) is 9.72. The maximum absolute atomic E-state index is 11.1. The van der Waals surface area contributed by atoms with E-state index in [1.54, 1.807) is 21.0 Å². The molecule has 0 radical (unpaired) electrons. The molecule has 0 aliphatic rings. The number of carbonyl (C=O) groups is 2. The van der Waals surface area contributed by atoms with Crippen molar-refractivity contribution >= 4 is 27.6 Å². The fraction of sp³-hybridized carbons (Fsp3) is 0.750. The Morgan fingerprint density at radius 1 is 1.42 bits per heavy atom. The van der Waals surface area contributed by atoms with E-state index < -0.39 is 0 Å². The van der Waals surface area contributed by atoms with Gasteiger partial charge >= 0.3 is 0 Å². The third-order valence-electron chi connectivity index (χ3n) is 1.55. The molecule has 0 bridgehead atoms. The predicted octanol–water partition coefficient (Wildman–Crippen LogP) is 1.21. The number of rotatable bonds is 4. The van der Waals surface area contributed by atoms with Crippen LogP contribution in [0.5, 0.6) is 0 Å². The highest BCUT2D eigenvalue weighted by molar-refractivity contribution is 9.10. The Labute approximate surface area is 81.2 Å². The van der Waals surface area contributed by atoms with Crippen molar-refractivity contribution in [1.29, 1.82) is 0 Å². The number of ketones is 1. The molecule has 3 nitrogen and oxygen atoms in total. The third-order valence-corrected chi connectivity index (χ3v) is 2.38. The summed E-state index contributed by atoms with van der Waals surface area (Å²) in [6.45, 7) is 1.79. The van der Waals surface area contributed by atoms with Crippen LogP contribution in [-0.4, -0.2) is 35.5 Å². The lowest BCUT2D eigenvalue weighted by Crippen LogP contribution is -2.27. The molecule has 1 unspecified atom stereocenters. The van der Waals surface area contributed by atoms with E-state index in [9.17, 15) is 9.59 Å². The predicted molar refractivity (Wildman–Crippen MR) is 51.3 cm³/mol. The number of nitrogens with zero attached hydrogens (tertiary/aromatic N) is 1. The van der Waals surface area contributed by atoms with Crippen LogP contribution in [0.4, 0.5) is 0 Å². The number of halogens is 1. The summed E-state index contributed by atoms with van der Waals surface area (Å²) in [5, 5.41) is 0. The minimum atomic E-state index is -0.322. The smallest absolute Gasteiger partial charge is 0.223 e. The van der Waals surface area contributed by atoms with Gasteiger partial charge in [0.2, 0.25) is 5.91 Å². The Balaban J connectivity index is 3.92. The van der Waals surface area contributed by atoms with Crippen LogP contribution in [0.1, 0.15) is 19.8 Å². The highest BCUT2D eigenvalue weighted by Gasteiger charge is 2.17. The van der Waals surface area contributed by atoms with E-state index in [1.165, 1.54) is 4.90 Å². The van der Waals surface area contributed by atoms with E-state index in [0.29, 0.717) is 6.42 Å². The van der Waals surface area contributed by atoms with Crippen LogP contribution >= 0.6 is 15.9 Å². The maximum atomic E-state index is 11.1. The summed E-state index contributed by atoms with van der Waals surface area (Å²) in [6, 6.07) is 0. The molecule has 0 aromatic rings. The van der Waals surface area contributed by atoms with E-state index in [4.69, 9.17) is 0 Å². The Kier molecular flexibility index (Phi) is 5.13. The summed E-state index contributed by atoms with van der Waals surface area (Å²) in [4.78, 5) is 23.3. The minimum absolute atomic E-state index is 0.0290. The average molecular weight is 236 g/mol. The molecule has 0 aromatic heterocycles. The van der Waals surface area contributed by atoms with Crippen molar-refractivity contribution in [3.63, 3.8) is 0 Å². The van der Waals surface area contributed by atoms with Gasteiger partial charge in [0.25, 0.3) is 0 Å². The van der Waals surface area contributed by atoms with Crippen LogP contribution in [0.2, 0.25) is 0 Å². The Morgan fingerprint density at radius 3 is 2.25 bits per heavy atom. The van der Waals surface area contributed by atoms with Gasteiger partial charge in [0.1, 0.15) is 5.78 Å². The van der Waals surface area contributed by atoms with Gasteiger partial charge in [-0.1, -0.05) is 22.9 Å². The monoisotopic (exact) mass is 235 g/mol. The molecule has 0 aliphatic heterocycles. The summed E-state index contributed by atoms with van der Waals surface area (Å²) in [5.74, 6) is 0.0453. The standard InChI is InChI=1S/C8H14BrNO2/c1-4-7(11)6(9)5-8(12)10(2)3/h6H,4-5H2,1-3H3. The first-order valence-electron chi connectivity index (χ1n) is 3.86. The zero-order valence-corrected chi connectivity index (χ0v) is 9.22. The highest BCUT2D eigenvalue weighted by atomic mass is 79.9. The minimum Gasteiger partial charge on any atom is -0.349 e. The molecule has 70 valence electrons. The van der Waals surface area contributed by atoms with Gasteiger partial charge in [-0.15, -0.1) is 0 Å². The number of amides is 1. The molecule has 0 aliphatic carbocycles. The van der Waals surface area contributed by atoms with Crippen LogP contribution in [-0.2, 0) is 9.59 Å². The van der Waals surface area contributed by atoms with E-state index in [1.807, 2.05) is 0 Å². The van der Waals surface area contributed by atoms with Gasteiger partial charge in [0.15, 0.2) is 0 Å². The Bertz CT molecular complexity index is 180. The van der Waals surface area contributed by atoms with E-state index >= 15 is 0 Å². The lowest BCUT2D eigenvalue weighted by atomic mass is 10.2. The van der Waals surface area contributed by atoms with Gasteiger partial charge in [-0.3, -0.25) is 9.59 Å². The van der Waals surface area contributed by atoms with Crippen LogP contribution in [0.3, 0.4) is 0 Å². The first-order chi connectivity index (χ1) is 5.49. The number of Topliss-reactive ketones (excluding diaryl/α,β-unsaturated/α-hetero) is 1. The van der Waals surface area contributed by atoms with Crippen molar-refractivity contribution in [3.05, 3.63) is 0 Å².